The van der Waals surface area contributed by atoms with Crippen molar-refractivity contribution in [2.75, 3.05) is 23.8 Å². The number of ether oxygens (including phenoxy) is 2. The van der Waals surface area contributed by atoms with E-state index in [0.29, 0.717) is 35.0 Å². The van der Waals surface area contributed by atoms with Crippen LogP contribution in [0.5, 0.6) is 11.5 Å². The van der Waals surface area contributed by atoms with E-state index in [-0.39, 0.29) is 23.8 Å². The van der Waals surface area contributed by atoms with Crippen LogP contribution in [0.3, 0.4) is 0 Å². The maximum Gasteiger partial charge on any atom is 0.262 e. The highest BCUT2D eigenvalue weighted by atomic mass is 32.2. The number of nitrogens with one attached hydrogen (secondary N) is 2. The molecule has 1 heterocycles. The molecule has 2 N–H and O–H groups in total. The van der Waals surface area contributed by atoms with Crippen molar-refractivity contribution in [3.05, 3.63) is 42.0 Å². The molecule has 1 aliphatic heterocycles. The first-order valence-electron chi connectivity index (χ1n) is 9.54. The van der Waals surface area contributed by atoms with Gasteiger partial charge in [-0.25, -0.2) is 8.42 Å². The third kappa shape index (κ3) is 4.73. The first kappa shape index (κ1) is 21.6. The summed E-state index contributed by atoms with van der Waals surface area (Å²) < 4.78 is 36.8. The van der Waals surface area contributed by atoms with E-state index in [0.717, 1.165) is 0 Å². The first-order chi connectivity index (χ1) is 14.2. The minimum Gasteiger partial charge on any atom is -0.494 e. The molecule has 3 rings (SSSR count). The fraction of sp³-hybridized carbons (Fsp3) is 0.333. The zero-order chi connectivity index (χ0) is 21.9. The Bertz CT molecular complexity index is 1060. The van der Waals surface area contributed by atoms with E-state index in [4.69, 9.17) is 9.47 Å². The Labute approximate surface area is 175 Å². The van der Waals surface area contributed by atoms with Gasteiger partial charge in [-0.2, -0.15) is 0 Å². The molecule has 2 aromatic carbocycles. The Hall–Kier alpha value is -3.07. The molecule has 0 fully saturated rings. The van der Waals surface area contributed by atoms with Crippen molar-refractivity contribution in [3.63, 3.8) is 0 Å². The van der Waals surface area contributed by atoms with Crippen molar-refractivity contribution in [1.82, 2.24) is 0 Å². The van der Waals surface area contributed by atoms with Crippen LogP contribution in [0.15, 0.2) is 41.3 Å². The number of hydrogen-bond acceptors (Lipinski definition) is 6. The third-order valence-corrected chi connectivity index (χ3v) is 6.95. The molecule has 0 radical (unpaired) electrons. The zero-order valence-corrected chi connectivity index (χ0v) is 17.8. The summed E-state index contributed by atoms with van der Waals surface area (Å²) in [5.41, 5.74) is 1.46. The number of carbonyl (C=O) groups is 2. The Balaban J connectivity index is 1.72. The quantitative estimate of drug-likeness (QED) is 0.696. The molecular formula is C21H24N2O6S. The molecule has 30 heavy (non-hydrogen) atoms. The van der Waals surface area contributed by atoms with Crippen molar-refractivity contribution in [3.8, 4) is 11.5 Å². The number of sulfone groups is 1. The Kier molecular flexibility index (Phi) is 6.31. The highest BCUT2D eigenvalue weighted by molar-refractivity contribution is 7.92. The molecule has 1 unspecified atom stereocenters. The normalized spacial score (nSPS) is 14.2. The molecule has 1 aliphatic rings. The van der Waals surface area contributed by atoms with E-state index in [1.807, 2.05) is 6.92 Å². The highest BCUT2D eigenvalue weighted by Gasteiger charge is 2.29. The minimum atomic E-state index is -3.79. The van der Waals surface area contributed by atoms with Gasteiger partial charge in [0.05, 0.1) is 22.4 Å². The maximum absolute atomic E-state index is 13.1. The van der Waals surface area contributed by atoms with Crippen LogP contribution in [0.2, 0.25) is 0 Å². The number of aryl methyl sites for hydroxylation is 1. The second kappa shape index (κ2) is 8.74. The van der Waals surface area contributed by atoms with Gasteiger partial charge in [-0.15, -0.1) is 0 Å². The zero-order valence-electron chi connectivity index (χ0n) is 17.0. The van der Waals surface area contributed by atoms with E-state index < -0.39 is 21.0 Å². The molecule has 0 saturated heterocycles. The van der Waals surface area contributed by atoms with Gasteiger partial charge >= 0.3 is 0 Å². The van der Waals surface area contributed by atoms with Crippen LogP contribution in [0.1, 0.15) is 25.8 Å². The van der Waals surface area contributed by atoms with Crippen LogP contribution in [-0.4, -0.2) is 38.7 Å². The van der Waals surface area contributed by atoms with Gasteiger partial charge in [-0.3, -0.25) is 9.59 Å². The number of anilines is 2. The molecule has 2 aromatic rings. The van der Waals surface area contributed by atoms with Gasteiger partial charge < -0.3 is 20.1 Å². The Morgan fingerprint density at radius 2 is 1.97 bits per heavy atom. The molecule has 160 valence electrons. The molecule has 9 heteroatoms. The van der Waals surface area contributed by atoms with Gasteiger partial charge in [0.15, 0.2) is 16.4 Å². The largest absolute Gasteiger partial charge is 0.494 e. The average Bonchev–Trinajstić information content (AvgIpc) is 2.68. The smallest absolute Gasteiger partial charge is 0.262 e. The lowest BCUT2D eigenvalue weighted by Gasteiger charge is -2.21. The summed E-state index contributed by atoms with van der Waals surface area (Å²) in [6.07, 6.45) is -0.205. The lowest BCUT2D eigenvalue weighted by Crippen LogP contribution is -2.27. The molecule has 0 saturated carbocycles. The number of hydrogen-bond donors (Lipinski definition) is 2. The molecule has 1 atom stereocenters. The summed E-state index contributed by atoms with van der Waals surface area (Å²) >= 11 is 0. The van der Waals surface area contributed by atoms with Gasteiger partial charge in [0.2, 0.25) is 5.91 Å². The maximum atomic E-state index is 13.1. The molecule has 0 aliphatic carbocycles. The lowest BCUT2D eigenvalue weighted by molar-refractivity contribution is -0.118. The molecule has 0 bridgehead atoms. The van der Waals surface area contributed by atoms with Gasteiger partial charge in [-0.1, -0.05) is 0 Å². The van der Waals surface area contributed by atoms with Crippen molar-refractivity contribution in [2.24, 2.45) is 0 Å². The molecule has 0 aromatic heterocycles. The number of amides is 2. The van der Waals surface area contributed by atoms with Crippen molar-refractivity contribution >= 4 is 33.0 Å². The number of rotatable bonds is 7. The van der Waals surface area contributed by atoms with Gasteiger partial charge in [0.25, 0.3) is 5.91 Å². The summed E-state index contributed by atoms with van der Waals surface area (Å²) in [5.74, 6) is 0.281. The van der Waals surface area contributed by atoms with Crippen LogP contribution in [0, 0.1) is 6.92 Å². The third-order valence-electron chi connectivity index (χ3n) is 4.67. The van der Waals surface area contributed by atoms with Crippen LogP contribution >= 0.6 is 0 Å². The van der Waals surface area contributed by atoms with Crippen LogP contribution < -0.4 is 20.1 Å². The van der Waals surface area contributed by atoms with Crippen LogP contribution in [-0.2, 0) is 19.4 Å². The van der Waals surface area contributed by atoms with Gasteiger partial charge in [-0.05, 0) is 56.7 Å². The predicted molar refractivity (Wildman–Crippen MR) is 113 cm³/mol. The monoisotopic (exact) mass is 432 g/mol. The molecule has 8 nitrogen and oxygen atoms in total. The van der Waals surface area contributed by atoms with Crippen molar-refractivity contribution < 1.29 is 27.5 Å². The van der Waals surface area contributed by atoms with Crippen LogP contribution in [0.25, 0.3) is 0 Å². The fourth-order valence-corrected chi connectivity index (χ4v) is 4.71. The number of carbonyl (C=O) groups excluding carboxylic acids is 2. The summed E-state index contributed by atoms with van der Waals surface area (Å²) in [6.45, 7) is 5.38. The molecule has 0 spiro atoms. The minimum absolute atomic E-state index is 0.0822. The van der Waals surface area contributed by atoms with Gasteiger partial charge in [0, 0.05) is 18.2 Å². The Morgan fingerprint density at radius 3 is 2.63 bits per heavy atom. The SMILES string of the molecule is CCOc1ccc(NC(=O)CC(C)S(=O)(=O)c2cc3c(cc2C)NC(=O)CO3)cc1. The summed E-state index contributed by atoms with van der Waals surface area (Å²) in [6, 6.07) is 9.82. The standard InChI is InChI=1S/C21H24N2O6S/c1-4-28-16-7-5-15(6-8-16)22-20(24)10-14(3)30(26,27)19-11-18-17(9-13(19)2)23-21(25)12-29-18/h5-9,11,14H,4,10,12H2,1-3H3,(H,22,24)(H,23,25). The van der Waals surface area contributed by atoms with E-state index in [9.17, 15) is 18.0 Å². The summed E-state index contributed by atoms with van der Waals surface area (Å²) in [5, 5.41) is 4.40. The number of benzene rings is 2. The molecular weight excluding hydrogens is 408 g/mol. The second-order valence-corrected chi connectivity index (χ2v) is 9.35. The lowest BCUT2D eigenvalue weighted by atomic mass is 10.2. The molecule has 2 amide bonds. The average molecular weight is 432 g/mol. The summed E-state index contributed by atoms with van der Waals surface area (Å²) in [4.78, 5) is 23.9. The van der Waals surface area contributed by atoms with Crippen LogP contribution in [0.4, 0.5) is 11.4 Å². The topological polar surface area (TPSA) is 111 Å². The van der Waals surface area contributed by atoms with Crippen molar-refractivity contribution in [1.29, 1.82) is 0 Å². The van der Waals surface area contributed by atoms with E-state index in [1.54, 1.807) is 37.3 Å². The predicted octanol–water partition coefficient (Wildman–Crippen LogP) is 2.92. The first-order valence-corrected chi connectivity index (χ1v) is 11.1. The van der Waals surface area contributed by atoms with Crippen molar-refractivity contribution in [2.45, 2.75) is 37.3 Å². The fourth-order valence-electron chi connectivity index (χ4n) is 3.12. The summed E-state index contributed by atoms with van der Waals surface area (Å²) in [7, 11) is -3.79. The van der Waals surface area contributed by atoms with E-state index in [1.165, 1.54) is 13.0 Å². The van der Waals surface area contributed by atoms with E-state index >= 15 is 0 Å². The second-order valence-electron chi connectivity index (χ2n) is 7.02. The highest BCUT2D eigenvalue weighted by Crippen LogP contribution is 2.34. The number of fused-ring (bicyclic) bond motifs is 1. The van der Waals surface area contributed by atoms with Gasteiger partial charge in [0.1, 0.15) is 11.5 Å². The Morgan fingerprint density at radius 1 is 1.27 bits per heavy atom. The van der Waals surface area contributed by atoms with E-state index in [2.05, 4.69) is 10.6 Å².